The molecule has 2 bridgehead atoms. The van der Waals surface area contributed by atoms with Gasteiger partial charge in [-0.1, -0.05) is 0 Å². The molecular weight excluding hydrogens is 586 g/mol. The summed E-state index contributed by atoms with van der Waals surface area (Å²) in [4.78, 5) is 49.0. The minimum atomic E-state index is -0.375. The summed E-state index contributed by atoms with van der Waals surface area (Å²) in [5.74, 6) is 1.94. The Morgan fingerprint density at radius 2 is 1.39 bits per heavy atom. The van der Waals surface area contributed by atoms with Crippen LogP contribution in [-0.4, -0.2) is 121 Å². The number of carbonyl (C=O) groups is 2. The highest BCUT2D eigenvalue weighted by Gasteiger charge is 2.39. The lowest BCUT2D eigenvalue weighted by atomic mass is 10.1. The number of piperazine rings is 1. The van der Waals surface area contributed by atoms with Crippen LogP contribution in [0.25, 0.3) is 11.4 Å². The number of anilines is 4. The summed E-state index contributed by atoms with van der Waals surface area (Å²) < 4.78 is 11.5. The first kappa shape index (κ1) is 30.3. The Kier molecular flexibility index (Phi) is 8.69. The number of benzene rings is 2. The lowest BCUT2D eigenvalue weighted by Crippen LogP contribution is -2.48. The van der Waals surface area contributed by atoms with E-state index in [9.17, 15) is 9.59 Å². The molecule has 4 aliphatic heterocycles. The van der Waals surface area contributed by atoms with Crippen molar-refractivity contribution >= 4 is 35.2 Å². The molecule has 46 heavy (non-hydrogen) atoms. The molecule has 0 aliphatic carbocycles. The zero-order valence-electron chi connectivity index (χ0n) is 26.4. The molecule has 3 amide bonds. The van der Waals surface area contributed by atoms with Crippen molar-refractivity contribution < 1.29 is 19.1 Å². The first-order valence-corrected chi connectivity index (χ1v) is 16.1. The monoisotopic (exact) mass is 627 g/mol. The van der Waals surface area contributed by atoms with Gasteiger partial charge in [-0.2, -0.15) is 15.0 Å². The number of urea groups is 1. The molecule has 4 aliphatic rings. The van der Waals surface area contributed by atoms with Crippen LogP contribution in [0.2, 0.25) is 0 Å². The fourth-order valence-electron chi connectivity index (χ4n) is 6.59. The standard InChI is InChI=1S/C33H41N9O4/c1-22-19-45-18-17-41(22)31-36-29(37-32(38-31)42-27-11-12-28(42)21-46-20-27)23-3-7-25(8-4-23)34-33(44)35-26-9-5-24(6-10-26)30(43)40-15-13-39(2)14-16-40/h3-10,22,27-28H,11-21H2,1-2H3,(H2,34,35,44). The van der Waals surface area contributed by atoms with Crippen LogP contribution in [0.3, 0.4) is 0 Å². The Morgan fingerprint density at radius 1 is 0.761 bits per heavy atom. The van der Waals surface area contributed by atoms with Gasteiger partial charge in [0, 0.05) is 55.2 Å². The van der Waals surface area contributed by atoms with E-state index in [1.54, 1.807) is 24.3 Å². The summed E-state index contributed by atoms with van der Waals surface area (Å²) in [5, 5.41) is 5.73. The predicted molar refractivity (Wildman–Crippen MR) is 175 cm³/mol. The summed E-state index contributed by atoms with van der Waals surface area (Å²) in [5.41, 5.74) is 2.67. The quantitative estimate of drug-likeness (QED) is 0.421. The second-order valence-corrected chi connectivity index (χ2v) is 12.5. The van der Waals surface area contributed by atoms with Gasteiger partial charge < -0.3 is 39.7 Å². The zero-order chi connectivity index (χ0) is 31.6. The van der Waals surface area contributed by atoms with Gasteiger partial charge in [-0.05, 0) is 75.3 Å². The molecule has 2 N–H and O–H groups in total. The van der Waals surface area contributed by atoms with Crippen LogP contribution in [0.4, 0.5) is 28.1 Å². The van der Waals surface area contributed by atoms with Crippen LogP contribution in [0, 0.1) is 0 Å². The Morgan fingerprint density at radius 3 is 2.04 bits per heavy atom. The SMILES string of the molecule is CC1COCCN1c1nc(-c2ccc(NC(=O)Nc3ccc(C(=O)N4CCN(C)CC4)cc3)cc2)nc(N2C3CCC2COC3)n1. The molecule has 7 rings (SSSR count). The molecule has 2 aromatic carbocycles. The number of ether oxygens (including phenoxy) is 2. The Hall–Kier alpha value is -4.33. The van der Waals surface area contributed by atoms with Crippen LogP contribution in [0.5, 0.6) is 0 Å². The predicted octanol–water partition coefficient (Wildman–Crippen LogP) is 3.16. The van der Waals surface area contributed by atoms with Gasteiger partial charge in [-0.3, -0.25) is 4.79 Å². The first-order valence-electron chi connectivity index (χ1n) is 16.1. The highest BCUT2D eigenvalue weighted by atomic mass is 16.5. The molecule has 3 unspecified atom stereocenters. The van der Waals surface area contributed by atoms with Crippen LogP contribution in [0.1, 0.15) is 30.1 Å². The Bertz CT molecular complexity index is 1530. The summed E-state index contributed by atoms with van der Waals surface area (Å²) in [7, 11) is 2.06. The van der Waals surface area contributed by atoms with Gasteiger partial charge in [-0.25, -0.2) is 4.79 Å². The number of fused-ring (bicyclic) bond motifs is 2. The van der Waals surface area contributed by atoms with E-state index < -0.39 is 0 Å². The van der Waals surface area contributed by atoms with Gasteiger partial charge >= 0.3 is 6.03 Å². The van der Waals surface area contributed by atoms with E-state index in [1.807, 2.05) is 29.2 Å². The van der Waals surface area contributed by atoms with Crippen molar-refractivity contribution in [2.75, 3.05) is 86.6 Å². The molecule has 242 valence electrons. The fraction of sp³-hybridized carbons (Fsp3) is 0.485. The molecule has 1 aromatic heterocycles. The molecule has 0 spiro atoms. The van der Waals surface area contributed by atoms with Crippen LogP contribution >= 0.6 is 0 Å². The molecule has 3 atom stereocenters. The summed E-state index contributed by atoms with van der Waals surface area (Å²) in [6.45, 7) is 8.62. The van der Waals surface area contributed by atoms with Gasteiger partial charge in [0.2, 0.25) is 11.9 Å². The number of amides is 3. The molecule has 4 saturated heterocycles. The lowest BCUT2D eigenvalue weighted by molar-refractivity contribution is 0.0664. The number of hydrogen-bond donors (Lipinski definition) is 2. The fourth-order valence-corrected chi connectivity index (χ4v) is 6.59. The number of nitrogens with zero attached hydrogens (tertiary/aromatic N) is 7. The van der Waals surface area contributed by atoms with Gasteiger partial charge in [-0.15, -0.1) is 0 Å². The largest absolute Gasteiger partial charge is 0.377 e. The molecule has 13 heteroatoms. The second-order valence-electron chi connectivity index (χ2n) is 12.5. The molecular formula is C33H41N9O4. The molecule has 0 saturated carbocycles. The van der Waals surface area contributed by atoms with Gasteiger partial charge in [0.25, 0.3) is 5.91 Å². The number of carbonyl (C=O) groups excluding carboxylic acids is 2. The minimum Gasteiger partial charge on any atom is -0.377 e. The molecule has 3 aromatic rings. The van der Waals surface area contributed by atoms with E-state index in [4.69, 9.17) is 24.4 Å². The van der Waals surface area contributed by atoms with Crippen LogP contribution < -0.4 is 20.4 Å². The second kappa shape index (κ2) is 13.2. The topological polar surface area (TPSA) is 128 Å². The van der Waals surface area contributed by atoms with E-state index in [0.29, 0.717) is 80.7 Å². The van der Waals surface area contributed by atoms with E-state index >= 15 is 0 Å². The normalized spacial score (nSPS) is 23.3. The summed E-state index contributed by atoms with van der Waals surface area (Å²) in [6, 6.07) is 14.8. The number of morpholine rings is 2. The average Bonchev–Trinajstić information content (AvgIpc) is 3.33. The zero-order valence-corrected chi connectivity index (χ0v) is 26.4. The molecule has 4 fully saturated rings. The van der Waals surface area contributed by atoms with E-state index in [0.717, 1.165) is 31.5 Å². The summed E-state index contributed by atoms with van der Waals surface area (Å²) in [6.07, 6.45) is 2.13. The number of nitrogens with one attached hydrogen (secondary N) is 2. The first-order chi connectivity index (χ1) is 22.4. The third-order valence-corrected chi connectivity index (χ3v) is 9.29. The van der Waals surface area contributed by atoms with E-state index in [1.165, 1.54) is 0 Å². The number of aromatic nitrogens is 3. The third kappa shape index (κ3) is 6.48. The third-order valence-electron chi connectivity index (χ3n) is 9.29. The van der Waals surface area contributed by atoms with Gasteiger partial charge in [0.05, 0.1) is 44.6 Å². The van der Waals surface area contributed by atoms with Crippen molar-refractivity contribution in [2.45, 2.75) is 37.9 Å². The lowest BCUT2D eigenvalue weighted by Gasteiger charge is -2.36. The highest BCUT2D eigenvalue weighted by molar-refractivity contribution is 6.00. The summed E-state index contributed by atoms with van der Waals surface area (Å²) >= 11 is 0. The maximum Gasteiger partial charge on any atom is 0.323 e. The Balaban J connectivity index is 1.03. The van der Waals surface area contributed by atoms with Crippen molar-refractivity contribution in [1.29, 1.82) is 0 Å². The van der Waals surface area contributed by atoms with Crippen molar-refractivity contribution in [3.05, 3.63) is 54.1 Å². The van der Waals surface area contributed by atoms with Crippen LogP contribution in [-0.2, 0) is 9.47 Å². The molecule has 0 radical (unpaired) electrons. The minimum absolute atomic E-state index is 0.0124. The smallest absolute Gasteiger partial charge is 0.323 e. The van der Waals surface area contributed by atoms with Crippen molar-refractivity contribution in [2.24, 2.45) is 0 Å². The average molecular weight is 628 g/mol. The van der Waals surface area contributed by atoms with Crippen molar-refractivity contribution in [1.82, 2.24) is 24.8 Å². The van der Waals surface area contributed by atoms with E-state index in [-0.39, 0.29) is 30.1 Å². The maximum absolute atomic E-state index is 12.8. The number of rotatable bonds is 6. The highest BCUT2D eigenvalue weighted by Crippen LogP contribution is 2.34. The Labute approximate surface area is 268 Å². The van der Waals surface area contributed by atoms with Crippen molar-refractivity contribution in [3.8, 4) is 11.4 Å². The van der Waals surface area contributed by atoms with Crippen LogP contribution in [0.15, 0.2) is 48.5 Å². The van der Waals surface area contributed by atoms with Gasteiger partial charge in [0.1, 0.15) is 0 Å². The van der Waals surface area contributed by atoms with Gasteiger partial charge in [0.15, 0.2) is 5.82 Å². The van der Waals surface area contributed by atoms with Crippen molar-refractivity contribution in [3.63, 3.8) is 0 Å². The number of likely N-dealkylation sites (N-methyl/N-ethyl adjacent to an activating group) is 1. The maximum atomic E-state index is 12.8. The number of hydrogen-bond acceptors (Lipinski definition) is 10. The van der Waals surface area contributed by atoms with E-state index in [2.05, 4.69) is 39.3 Å². The molecule has 13 nitrogen and oxygen atoms in total. The molecule has 5 heterocycles.